The topological polar surface area (TPSA) is 74.2 Å². The van der Waals surface area contributed by atoms with E-state index in [4.69, 9.17) is 37.4 Å². The molecule has 0 saturated heterocycles. The van der Waals surface area contributed by atoms with E-state index < -0.39 is 11.9 Å². The highest BCUT2D eigenvalue weighted by atomic mass is 35.5. The lowest BCUT2D eigenvalue weighted by atomic mass is 10.1. The zero-order valence-electron chi connectivity index (χ0n) is 19.9. The van der Waals surface area contributed by atoms with Gasteiger partial charge < -0.3 is 14.2 Å². The first kappa shape index (κ1) is 25.7. The van der Waals surface area contributed by atoms with Crippen molar-refractivity contribution in [2.75, 3.05) is 6.61 Å². The van der Waals surface area contributed by atoms with Gasteiger partial charge in [0, 0.05) is 21.2 Å². The normalized spacial score (nSPS) is 14.2. The summed E-state index contributed by atoms with van der Waals surface area (Å²) in [6.45, 7) is 2.17. The van der Waals surface area contributed by atoms with Gasteiger partial charge in [0.05, 0.1) is 11.6 Å². The summed E-state index contributed by atoms with van der Waals surface area (Å²) in [7, 11) is 0. The average Bonchev–Trinajstić information content (AvgIpc) is 3.43. The van der Waals surface area contributed by atoms with Crippen molar-refractivity contribution in [3.05, 3.63) is 105 Å². The molecule has 0 bridgehead atoms. The van der Waals surface area contributed by atoms with E-state index in [-0.39, 0.29) is 17.3 Å². The van der Waals surface area contributed by atoms with Crippen LogP contribution in [-0.2, 0) is 14.3 Å². The van der Waals surface area contributed by atoms with Crippen LogP contribution in [0, 0.1) is 0 Å². The minimum Gasteiger partial charge on any atom is -0.490 e. The van der Waals surface area contributed by atoms with Crippen LogP contribution in [0.4, 0.5) is 0 Å². The Morgan fingerprint density at radius 3 is 2.63 bits per heavy atom. The first-order chi connectivity index (χ1) is 18.4. The van der Waals surface area contributed by atoms with Gasteiger partial charge in [-0.2, -0.15) is 0 Å². The zero-order valence-corrected chi connectivity index (χ0v) is 22.3. The number of thiophene rings is 1. The Labute approximate surface area is 232 Å². The maximum absolute atomic E-state index is 12.6. The van der Waals surface area contributed by atoms with Crippen LogP contribution in [0.2, 0.25) is 10.0 Å². The van der Waals surface area contributed by atoms with Crippen LogP contribution in [0.5, 0.6) is 11.5 Å². The number of halogens is 2. The molecule has 3 aromatic carbocycles. The Hall–Kier alpha value is -3.91. The molecule has 0 unspecified atom stereocenters. The maximum Gasteiger partial charge on any atom is 0.363 e. The minimum atomic E-state index is -0.605. The molecule has 0 amide bonds. The number of hydrogen-bond donors (Lipinski definition) is 0. The molecule has 0 radical (unpaired) electrons. The molecule has 9 heteroatoms. The first-order valence-corrected chi connectivity index (χ1v) is 13.1. The molecule has 190 valence electrons. The number of benzene rings is 3. The summed E-state index contributed by atoms with van der Waals surface area (Å²) in [4.78, 5) is 29.9. The van der Waals surface area contributed by atoms with E-state index in [1.165, 1.54) is 17.4 Å². The molecular weight excluding hydrogens is 545 g/mol. The predicted molar refractivity (Wildman–Crippen MR) is 151 cm³/mol. The molecular formula is C29H19Cl2NO5S. The average molecular weight is 564 g/mol. The van der Waals surface area contributed by atoms with Gasteiger partial charge in [0.25, 0.3) is 0 Å². The number of hydrogen-bond acceptors (Lipinski definition) is 7. The summed E-state index contributed by atoms with van der Waals surface area (Å²) in [5, 5.41) is 1.83. The second-order valence-corrected chi connectivity index (χ2v) is 9.89. The van der Waals surface area contributed by atoms with E-state index >= 15 is 0 Å². The Kier molecular flexibility index (Phi) is 7.60. The fourth-order valence-corrected chi connectivity index (χ4v) is 5.39. The maximum atomic E-state index is 12.6. The second kappa shape index (κ2) is 11.2. The summed E-state index contributed by atoms with van der Waals surface area (Å²) in [6.07, 6.45) is 4.58. The molecule has 2 heterocycles. The van der Waals surface area contributed by atoms with E-state index in [1.807, 2.05) is 43.3 Å². The molecule has 4 aromatic rings. The van der Waals surface area contributed by atoms with Crippen LogP contribution >= 0.6 is 34.5 Å². The van der Waals surface area contributed by atoms with Gasteiger partial charge in [0.15, 0.2) is 17.2 Å². The number of carbonyl (C=O) groups excluding carboxylic acids is 2. The smallest absolute Gasteiger partial charge is 0.363 e. The number of carbonyl (C=O) groups is 2. The third-order valence-corrected chi connectivity index (χ3v) is 7.28. The Morgan fingerprint density at radius 2 is 1.84 bits per heavy atom. The van der Waals surface area contributed by atoms with Gasteiger partial charge in [-0.1, -0.05) is 65.7 Å². The van der Waals surface area contributed by atoms with Crippen molar-refractivity contribution in [3.63, 3.8) is 0 Å². The van der Waals surface area contributed by atoms with Crippen molar-refractivity contribution in [2.24, 2.45) is 4.99 Å². The van der Waals surface area contributed by atoms with Gasteiger partial charge in [-0.05, 0) is 54.5 Å². The molecule has 38 heavy (non-hydrogen) atoms. The predicted octanol–water partition coefficient (Wildman–Crippen LogP) is 7.57. The van der Waals surface area contributed by atoms with Crippen molar-refractivity contribution >= 4 is 74.6 Å². The Bertz CT molecular complexity index is 1640. The van der Waals surface area contributed by atoms with Crippen LogP contribution in [0.15, 0.2) is 83.5 Å². The van der Waals surface area contributed by atoms with Crippen LogP contribution in [0.25, 0.3) is 22.2 Å². The third kappa shape index (κ3) is 5.65. The highest BCUT2D eigenvalue weighted by Gasteiger charge is 2.28. The summed E-state index contributed by atoms with van der Waals surface area (Å²) in [6, 6.07) is 19.7. The SMILES string of the molecule is CCOc1cc(/C=C2/N=C(c3sc4cc(Cl)ccc4c3Cl)OC2=O)ccc1OC(=O)/C=C/c1ccccc1. The standard InChI is InChI=1S/C29H19Cl2NO5S/c1-2-35-23-15-18(8-12-22(23)36-25(33)13-9-17-6-4-3-5-7-17)14-21-29(34)37-28(32-21)27-26(31)20-11-10-19(30)16-24(20)38-27/h3-16H,2H2,1H3/b13-9+,21-14+. The summed E-state index contributed by atoms with van der Waals surface area (Å²) in [5.74, 6) is -0.416. The molecule has 0 fully saturated rings. The van der Waals surface area contributed by atoms with Gasteiger partial charge in [-0.25, -0.2) is 14.6 Å². The second-order valence-electron chi connectivity index (χ2n) is 8.03. The van der Waals surface area contributed by atoms with E-state index in [9.17, 15) is 9.59 Å². The fraction of sp³-hybridized carbons (Fsp3) is 0.0690. The lowest BCUT2D eigenvalue weighted by molar-refractivity contribution is -0.130. The molecule has 0 N–H and O–H groups in total. The Morgan fingerprint density at radius 1 is 1.03 bits per heavy atom. The van der Waals surface area contributed by atoms with E-state index in [2.05, 4.69) is 4.99 Å². The van der Waals surface area contributed by atoms with Gasteiger partial charge in [0.1, 0.15) is 4.88 Å². The molecule has 0 aliphatic carbocycles. The van der Waals surface area contributed by atoms with Crippen LogP contribution in [0.3, 0.4) is 0 Å². The number of cyclic esters (lactones) is 1. The van der Waals surface area contributed by atoms with E-state index in [0.29, 0.717) is 32.8 Å². The van der Waals surface area contributed by atoms with E-state index in [0.717, 1.165) is 15.6 Å². The highest BCUT2D eigenvalue weighted by molar-refractivity contribution is 7.21. The number of esters is 2. The Balaban J connectivity index is 1.38. The molecule has 5 rings (SSSR count). The first-order valence-electron chi connectivity index (χ1n) is 11.5. The third-order valence-electron chi connectivity index (χ3n) is 5.40. The minimum absolute atomic E-state index is 0.101. The molecule has 1 aliphatic rings. The summed E-state index contributed by atoms with van der Waals surface area (Å²) in [5.41, 5.74) is 1.59. The molecule has 0 spiro atoms. The number of nitrogens with zero attached hydrogens (tertiary/aromatic N) is 1. The fourth-order valence-electron chi connectivity index (χ4n) is 3.68. The molecule has 0 saturated carbocycles. The monoisotopic (exact) mass is 563 g/mol. The van der Waals surface area contributed by atoms with Crippen LogP contribution in [-0.4, -0.2) is 24.4 Å². The van der Waals surface area contributed by atoms with Crippen molar-refractivity contribution in [1.29, 1.82) is 0 Å². The quantitative estimate of drug-likeness (QED) is 0.132. The number of rotatable bonds is 7. The largest absolute Gasteiger partial charge is 0.490 e. The van der Waals surface area contributed by atoms with Gasteiger partial charge in [-0.15, -0.1) is 11.3 Å². The lowest BCUT2D eigenvalue weighted by Crippen LogP contribution is -2.06. The summed E-state index contributed by atoms with van der Waals surface area (Å²) < 4.78 is 17.4. The van der Waals surface area contributed by atoms with Crippen molar-refractivity contribution in [3.8, 4) is 11.5 Å². The summed E-state index contributed by atoms with van der Waals surface area (Å²) >= 11 is 14.0. The highest BCUT2D eigenvalue weighted by Crippen LogP contribution is 2.39. The van der Waals surface area contributed by atoms with Gasteiger partial charge >= 0.3 is 11.9 Å². The molecule has 6 nitrogen and oxygen atoms in total. The number of fused-ring (bicyclic) bond motifs is 1. The molecule has 1 aromatic heterocycles. The molecule has 1 aliphatic heterocycles. The van der Waals surface area contributed by atoms with Crippen LogP contribution in [0.1, 0.15) is 22.9 Å². The van der Waals surface area contributed by atoms with Gasteiger partial charge in [0.2, 0.25) is 5.90 Å². The van der Waals surface area contributed by atoms with E-state index in [1.54, 1.807) is 42.5 Å². The lowest BCUT2D eigenvalue weighted by Gasteiger charge is -2.10. The molecule has 0 atom stereocenters. The number of aliphatic imine (C=N–C) groups is 1. The van der Waals surface area contributed by atoms with Crippen LogP contribution < -0.4 is 9.47 Å². The zero-order chi connectivity index (χ0) is 26.6. The van der Waals surface area contributed by atoms with Gasteiger partial charge in [-0.3, -0.25) is 0 Å². The van der Waals surface area contributed by atoms with Crippen molar-refractivity contribution < 1.29 is 23.8 Å². The van der Waals surface area contributed by atoms with Crippen molar-refractivity contribution in [2.45, 2.75) is 6.92 Å². The number of ether oxygens (including phenoxy) is 3. The van der Waals surface area contributed by atoms with Crippen molar-refractivity contribution in [1.82, 2.24) is 0 Å².